The van der Waals surface area contributed by atoms with Crippen molar-refractivity contribution in [2.24, 2.45) is 0 Å². The summed E-state index contributed by atoms with van der Waals surface area (Å²) >= 11 is 0. The van der Waals surface area contributed by atoms with Gasteiger partial charge in [-0.25, -0.2) is 0 Å². The van der Waals surface area contributed by atoms with Crippen LogP contribution in [0.25, 0.3) is 0 Å². The number of rotatable bonds is 7. The van der Waals surface area contributed by atoms with E-state index in [1.165, 1.54) is 24.9 Å². The van der Waals surface area contributed by atoms with E-state index in [1.54, 1.807) is 0 Å². The van der Waals surface area contributed by atoms with E-state index in [9.17, 15) is 9.59 Å². The van der Waals surface area contributed by atoms with E-state index in [4.69, 9.17) is 0 Å². The smallest absolute Gasteiger partial charge is 0.253 e. The van der Waals surface area contributed by atoms with Crippen LogP contribution in [0.5, 0.6) is 0 Å². The van der Waals surface area contributed by atoms with Crippen LogP contribution >= 0.6 is 0 Å². The van der Waals surface area contributed by atoms with E-state index in [0.29, 0.717) is 12.1 Å². The molecule has 164 valence electrons. The van der Waals surface area contributed by atoms with Gasteiger partial charge in [0.25, 0.3) is 5.91 Å². The molecule has 6 heteroatoms. The van der Waals surface area contributed by atoms with Crippen molar-refractivity contribution in [3.8, 4) is 0 Å². The number of benzene rings is 2. The Labute approximate surface area is 184 Å². The maximum absolute atomic E-state index is 12.4. The maximum Gasteiger partial charge on any atom is 0.253 e. The summed E-state index contributed by atoms with van der Waals surface area (Å²) in [4.78, 5) is 29.1. The molecular formula is C25H32N4O2. The molecule has 4 rings (SSSR count). The van der Waals surface area contributed by atoms with Crippen LogP contribution in [0, 0.1) is 0 Å². The number of hydrogen-bond acceptors (Lipinski definition) is 4. The molecule has 0 saturated carbocycles. The molecule has 2 fully saturated rings. The van der Waals surface area contributed by atoms with Gasteiger partial charge in [-0.1, -0.05) is 24.3 Å². The van der Waals surface area contributed by atoms with E-state index in [1.807, 2.05) is 47.4 Å². The molecule has 0 spiro atoms. The van der Waals surface area contributed by atoms with Crippen LogP contribution in [-0.4, -0.2) is 49.4 Å². The number of hydrogen-bond donors (Lipinski definition) is 2. The lowest BCUT2D eigenvalue weighted by Crippen LogP contribution is -2.32. The van der Waals surface area contributed by atoms with E-state index in [-0.39, 0.29) is 18.4 Å². The molecule has 2 aromatic rings. The first-order valence-corrected chi connectivity index (χ1v) is 11.4. The molecule has 2 amide bonds. The van der Waals surface area contributed by atoms with Gasteiger partial charge < -0.3 is 20.4 Å². The average Bonchev–Trinajstić information content (AvgIpc) is 3.37. The van der Waals surface area contributed by atoms with Crippen molar-refractivity contribution >= 4 is 23.2 Å². The third kappa shape index (κ3) is 5.57. The fourth-order valence-corrected chi connectivity index (χ4v) is 4.34. The van der Waals surface area contributed by atoms with Crippen molar-refractivity contribution in [2.45, 2.75) is 38.6 Å². The lowest BCUT2D eigenvalue weighted by Gasteiger charge is -2.30. The molecule has 0 aromatic heterocycles. The molecule has 2 aliphatic heterocycles. The molecule has 2 aromatic carbocycles. The number of carbonyl (C=O) groups is 2. The summed E-state index contributed by atoms with van der Waals surface area (Å²) < 4.78 is 0. The fourth-order valence-electron chi connectivity index (χ4n) is 4.34. The zero-order valence-corrected chi connectivity index (χ0v) is 18.1. The van der Waals surface area contributed by atoms with Gasteiger partial charge in [0.1, 0.15) is 0 Å². The molecule has 2 aliphatic rings. The minimum atomic E-state index is -0.0503. The molecule has 0 atom stereocenters. The highest BCUT2D eigenvalue weighted by Gasteiger charge is 2.19. The standard InChI is InChI=1S/C25H32N4O2/c30-24(19-26-22-8-2-3-9-23(22)28-14-4-1-5-15-28)27-18-20-10-12-21(13-11-20)25(31)29-16-6-7-17-29/h2-3,8-13,26H,1,4-7,14-19H2,(H,27,30). The number of piperidine rings is 1. The van der Waals surface area contributed by atoms with Crippen molar-refractivity contribution < 1.29 is 9.59 Å². The summed E-state index contributed by atoms with van der Waals surface area (Å²) in [6, 6.07) is 15.8. The number of anilines is 2. The van der Waals surface area contributed by atoms with Crippen LogP contribution in [0.3, 0.4) is 0 Å². The van der Waals surface area contributed by atoms with Crippen LogP contribution in [-0.2, 0) is 11.3 Å². The first-order valence-electron chi connectivity index (χ1n) is 11.4. The zero-order chi connectivity index (χ0) is 21.5. The molecule has 31 heavy (non-hydrogen) atoms. The van der Waals surface area contributed by atoms with Gasteiger partial charge >= 0.3 is 0 Å². The summed E-state index contributed by atoms with van der Waals surface area (Å²) in [5, 5.41) is 6.26. The fraction of sp³-hybridized carbons (Fsp3) is 0.440. The second-order valence-corrected chi connectivity index (χ2v) is 8.39. The predicted octanol–water partition coefficient (Wildman–Crippen LogP) is 3.64. The maximum atomic E-state index is 12.4. The Hall–Kier alpha value is -3.02. The van der Waals surface area contributed by atoms with E-state index < -0.39 is 0 Å². The van der Waals surface area contributed by atoms with Gasteiger partial charge in [-0.05, 0) is 61.9 Å². The summed E-state index contributed by atoms with van der Waals surface area (Å²) in [6.45, 7) is 4.53. The number of nitrogens with zero attached hydrogens (tertiary/aromatic N) is 2. The average molecular weight is 421 g/mol. The number of nitrogens with one attached hydrogen (secondary N) is 2. The lowest BCUT2D eigenvalue weighted by atomic mass is 10.1. The monoisotopic (exact) mass is 420 g/mol. The quantitative estimate of drug-likeness (QED) is 0.718. The number of likely N-dealkylation sites (tertiary alicyclic amines) is 1. The third-order valence-corrected chi connectivity index (χ3v) is 6.12. The number of para-hydroxylation sites is 2. The zero-order valence-electron chi connectivity index (χ0n) is 18.1. The Morgan fingerprint density at radius 3 is 2.23 bits per heavy atom. The van der Waals surface area contributed by atoms with Crippen LogP contribution < -0.4 is 15.5 Å². The lowest BCUT2D eigenvalue weighted by molar-refractivity contribution is -0.119. The molecule has 2 heterocycles. The molecule has 2 saturated heterocycles. The number of amides is 2. The second-order valence-electron chi connectivity index (χ2n) is 8.39. The summed E-state index contributed by atoms with van der Waals surface area (Å²) in [6.07, 6.45) is 5.91. The largest absolute Gasteiger partial charge is 0.374 e. The Morgan fingerprint density at radius 2 is 1.48 bits per heavy atom. The molecule has 0 aliphatic carbocycles. The van der Waals surface area contributed by atoms with E-state index in [0.717, 1.165) is 50.3 Å². The summed E-state index contributed by atoms with van der Waals surface area (Å²) in [7, 11) is 0. The minimum Gasteiger partial charge on any atom is -0.374 e. The van der Waals surface area contributed by atoms with Crippen LogP contribution in [0.2, 0.25) is 0 Å². The van der Waals surface area contributed by atoms with Crippen molar-refractivity contribution in [1.82, 2.24) is 10.2 Å². The van der Waals surface area contributed by atoms with E-state index >= 15 is 0 Å². The molecular weight excluding hydrogens is 388 g/mol. The summed E-state index contributed by atoms with van der Waals surface area (Å²) in [5.41, 5.74) is 3.88. The van der Waals surface area contributed by atoms with Crippen molar-refractivity contribution in [2.75, 3.05) is 42.9 Å². The van der Waals surface area contributed by atoms with Crippen LogP contribution in [0.1, 0.15) is 48.0 Å². The Morgan fingerprint density at radius 1 is 0.806 bits per heavy atom. The van der Waals surface area contributed by atoms with Gasteiger partial charge in [-0.15, -0.1) is 0 Å². The first kappa shape index (κ1) is 21.2. The Balaban J connectivity index is 1.26. The van der Waals surface area contributed by atoms with Gasteiger partial charge in [-0.3, -0.25) is 9.59 Å². The van der Waals surface area contributed by atoms with E-state index in [2.05, 4.69) is 21.6 Å². The van der Waals surface area contributed by atoms with Gasteiger partial charge in [-0.2, -0.15) is 0 Å². The highest BCUT2D eigenvalue weighted by molar-refractivity contribution is 5.94. The molecule has 0 unspecified atom stereocenters. The van der Waals surface area contributed by atoms with Gasteiger partial charge in [0.15, 0.2) is 0 Å². The molecule has 2 N–H and O–H groups in total. The molecule has 0 radical (unpaired) electrons. The topological polar surface area (TPSA) is 64.7 Å². The van der Waals surface area contributed by atoms with Crippen molar-refractivity contribution in [1.29, 1.82) is 0 Å². The number of carbonyl (C=O) groups excluding carboxylic acids is 2. The third-order valence-electron chi connectivity index (χ3n) is 6.12. The Kier molecular flexibility index (Phi) is 7.07. The van der Waals surface area contributed by atoms with Crippen molar-refractivity contribution in [3.05, 3.63) is 59.7 Å². The Bertz CT molecular complexity index is 885. The normalized spacial score (nSPS) is 16.3. The molecule has 6 nitrogen and oxygen atoms in total. The van der Waals surface area contributed by atoms with Gasteiger partial charge in [0.2, 0.25) is 5.91 Å². The highest BCUT2D eigenvalue weighted by Crippen LogP contribution is 2.28. The minimum absolute atomic E-state index is 0.0503. The van der Waals surface area contributed by atoms with Crippen LogP contribution in [0.15, 0.2) is 48.5 Å². The highest BCUT2D eigenvalue weighted by atomic mass is 16.2. The van der Waals surface area contributed by atoms with Gasteiger partial charge in [0.05, 0.1) is 17.9 Å². The SMILES string of the molecule is O=C(CNc1ccccc1N1CCCCC1)NCc1ccc(C(=O)N2CCCC2)cc1. The van der Waals surface area contributed by atoms with Gasteiger partial charge in [0, 0.05) is 38.3 Å². The molecule has 0 bridgehead atoms. The first-order chi connectivity index (χ1) is 15.2. The predicted molar refractivity (Wildman–Crippen MR) is 124 cm³/mol. The second kappa shape index (κ2) is 10.3. The van der Waals surface area contributed by atoms with Crippen molar-refractivity contribution in [3.63, 3.8) is 0 Å². The van der Waals surface area contributed by atoms with Crippen LogP contribution in [0.4, 0.5) is 11.4 Å². The summed E-state index contributed by atoms with van der Waals surface area (Å²) in [5.74, 6) is 0.0512.